The van der Waals surface area contributed by atoms with E-state index in [1.807, 2.05) is 0 Å². The summed E-state index contributed by atoms with van der Waals surface area (Å²) in [5, 5.41) is 0. The standard InChI is InChI=1S/C10H13FN2/c11-9-6-12-10(13-7-9)8-4-2-1-3-5-8/h6-8H,1-5H2. The summed E-state index contributed by atoms with van der Waals surface area (Å²) < 4.78 is 12.5. The van der Waals surface area contributed by atoms with E-state index < -0.39 is 0 Å². The van der Waals surface area contributed by atoms with Gasteiger partial charge in [0.15, 0.2) is 5.82 Å². The quantitative estimate of drug-likeness (QED) is 0.664. The summed E-state index contributed by atoms with van der Waals surface area (Å²) in [6, 6.07) is 0. The second kappa shape index (κ2) is 3.81. The first kappa shape index (κ1) is 8.60. The van der Waals surface area contributed by atoms with Crippen LogP contribution in [0.4, 0.5) is 4.39 Å². The van der Waals surface area contributed by atoms with Crippen molar-refractivity contribution in [3.05, 3.63) is 24.0 Å². The van der Waals surface area contributed by atoms with Crippen molar-refractivity contribution in [1.29, 1.82) is 0 Å². The third-order valence-electron chi connectivity index (χ3n) is 2.61. The first-order valence-electron chi connectivity index (χ1n) is 4.84. The van der Waals surface area contributed by atoms with Crippen LogP contribution in [0.2, 0.25) is 0 Å². The molecule has 0 radical (unpaired) electrons. The van der Waals surface area contributed by atoms with Gasteiger partial charge in [-0.25, -0.2) is 14.4 Å². The number of rotatable bonds is 1. The van der Waals surface area contributed by atoms with Crippen LogP contribution >= 0.6 is 0 Å². The minimum atomic E-state index is -0.348. The molecule has 0 atom stereocenters. The highest BCUT2D eigenvalue weighted by atomic mass is 19.1. The number of aromatic nitrogens is 2. The van der Waals surface area contributed by atoms with Crippen LogP contribution in [0.5, 0.6) is 0 Å². The minimum absolute atomic E-state index is 0.348. The Balaban J connectivity index is 2.10. The van der Waals surface area contributed by atoms with Gasteiger partial charge >= 0.3 is 0 Å². The van der Waals surface area contributed by atoms with Gasteiger partial charge in [0.1, 0.15) is 5.82 Å². The molecule has 0 amide bonds. The summed E-state index contributed by atoms with van der Waals surface area (Å²) in [5.74, 6) is 0.940. The summed E-state index contributed by atoms with van der Waals surface area (Å²) in [6.45, 7) is 0. The Morgan fingerprint density at radius 2 is 1.69 bits per heavy atom. The maximum Gasteiger partial charge on any atom is 0.159 e. The zero-order valence-corrected chi connectivity index (χ0v) is 7.54. The third kappa shape index (κ3) is 2.02. The molecule has 70 valence electrons. The predicted octanol–water partition coefficient (Wildman–Crippen LogP) is 2.66. The molecular formula is C10H13FN2. The Labute approximate surface area is 77.2 Å². The van der Waals surface area contributed by atoms with E-state index >= 15 is 0 Å². The van der Waals surface area contributed by atoms with E-state index in [0.29, 0.717) is 5.92 Å². The molecule has 3 heteroatoms. The Morgan fingerprint density at radius 1 is 1.08 bits per heavy atom. The van der Waals surface area contributed by atoms with Gasteiger partial charge in [0.25, 0.3) is 0 Å². The maximum absolute atomic E-state index is 12.5. The lowest BCUT2D eigenvalue weighted by Crippen LogP contribution is -2.08. The van der Waals surface area contributed by atoms with E-state index in [1.165, 1.54) is 31.7 Å². The van der Waals surface area contributed by atoms with E-state index in [0.717, 1.165) is 18.7 Å². The average molecular weight is 180 g/mol. The predicted molar refractivity (Wildman–Crippen MR) is 47.8 cm³/mol. The van der Waals surface area contributed by atoms with Crippen molar-refractivity contribution in [3.8, 4) is 0 Å². The molecule has 0 saturated heterocycles. The topological polar surface area (TPSA) is 25.8 Å². The minimum Gasteiger partial charge on any atom is -0.238 e. The summed E-state index contributed by atoms with van der Waals surface area (Å²) in [5.41, 5.74) is 0. The lowest BCUT2D eigenvalue weighted by atomic mass is 9.89. The van der Waals surface area contributed by atoms with E-state index in [4.69, 9.17) is 0 Å². The van der Waals surface area contributed by atoms with Gasteiger partial charge in [0.2, 0.25) is 0 Å². The summed E-state index contributed by atoms with van der Waals surface area (Å²) in [4.78, 5) is 8.03. The lowest BCUT2D eigenvalue weighted by molar-refractivity contribution is 0.426. The van der Waals surface area contributed by atoms with Crippen molar-refractivity contribution < 1.29 is 4.39 Å². The molecule has 1 fully saturated rings. The zero-order valence-electron chi connectivity index (χ0n) is 7.54. The van der Waals surface area contributed by atoms with Crippen LogP contribution in [0.25, 0.3) is 0 Å². The molecule has 0 N–H and O–H groups in total. The van der Waals surface area contributed by atoms with Crippen molar-refractivity contribution in [2.24, 2.45) is 0 Å². The highest BCUT2D eigenvalue weighted by Gasteiger charge is 2.17. The molecule has 0 spiro atoms. The van der Waals surface area contributed by atoms with Crippen molar-refractivity contribution >= 4 is 0 Å². The van der Waals surface area contributed by atoms with Gasteiger partial charge in [0, 0.05) is 5.92 Å². The molecular weight excluding hydrogens is 167 g/mol. The fourth-order valence-electron chi connectivity index (χ4n) is 1.89. The van der Waals surface area contributed by atoms with E-state index in [9.17, 15) is 4.39 Å². The van der Waals surface area contributed by atoms with Crippen LogP contribution in [-0.4, -0.2) is 9.97 Å². The van der Waals surface area contributed by atoms with E-state index in [2.05, 4.69) is 9.97 Å². The van der Waals surface area contributed by atoms with Gasteiger partial charge in [-0.05, 0) is 12.8 Å². The fraction of sp³-hybridized carbons (Fsp3) is 0.600. The molecule has 1 heterocycles. The number of hydrogen-bond donors (Lipinski definition) is 0. The summed E-state index contributed by atoms with van der Waals surface area (Å²) in [7, 11) is 0. The average Bonchev–Trinajstić information content (AvgIpc) is 2.20. The van der Waals surface area contributed by atoms with Crippen molar-refractivity contribution in [1.82, 2.24) is 9.97 Å². The van der Waals surface area contributed by atoms with Gasteiger partial charge in [-0.15, -0.1) is 0 Å². The van der Waals surface area contributed by atoms with E-state index in [-0.39, 0.29) is 5.82 Å². The number of hydrogen-bond acceptors (Lipinski definition) is 2. The Hall–Kier alpha value is -0.990. The molecule has 1 aliphatic rings. The number of nitrogens with zero attached hydrogens (tertiary/aromatic N) is 2. The highest BCUT2D eigenvalue weighted by molar-refractivity contribution is 4.99. The second-order valence-corrected chi connectivity index (χ2v) is 3.59. The SMILES string of the molecule is Fc1cnc(C2CCCCC2)nc1. The van der Waals surface area contributed by atoms with Crippen LogP contribution in [-0.2, 0) is 0 Å². The molecule has 0 aromatic carbocycles. The molecule has 0 unspecified atom stereocenters. The second-order valence-electron chi connectivity index (χ2n) is 3.59. The summed E-state index contributed by atoms with van der Waals surface area (Å²) >= 11 is 0. The van der Waals surface area contributed by atoms with Crippen LogP contribution in [0.3, 0.4) is 0 Å². The van der Waals surface area contributed by atoms with Gasteiger partial charge in [-0.3, -0.25) is 0 Å². The molecule has 1 saturated carbocycles. The molecule has 1 aliphatic carbocycles. The lowest BCUT2D eigenvalue weighted by Gasteiger charge is -2.19. The van der Waals surface area contributed by atoms with Crippen molar-refractivity contribution in [3.63, 3.8) is 0 Å². The number of halogens is 1. The Morgan fingerprint density at radius 3 is 2.31 bits per heavy atom. The maximum atomic E-state index is 12.5. The van der Waals surface area contributed by atoms with Crippen LogP contribution in [0.15, 0.2) is 12.4 Å². The Kier molecular flexibility index (Phi) is 2.52. The third-order valence-corrected chi connectivity index (χ3v) is 2.61. The largest absolute Gasteiger partial charge is 0.238 e. The van der Waals surface area contributed by atoms with Crippen molar-refractivity contribution in [2.45, 2.75) is 38.0 Å². The van der Waals surface area contributed by atoms with Crippen LogP contribution < -0.4 is 0 Å². The molecule has 13 heavy (non-hydrogen) atoms. The molecule has 2 nitrogen and oxygen atoms in total. The van der Waals surface area contributed by atoms with Crippen molar-refractivity contribution in [2.75, 3.05) is 0 Å². The van der Waals surface area contributed by atoms with Gasteiger partial charge in [-0.1, -0.05) is 19.3 Å². The van der Waals surface area contributed by atoms with Crippen LogP contribution in [0, 0.1) is 5.82 Å². The monoisotopic (exact) mass is 180 g/mol. The molecule has 0 bridgehead atoms. The molecule has 0 aliphatic heterocycles. The summed E-state index contributed by atoms with van der Waals surface area (Å²) in [6.07, 6.45) is 8.67. The van der Waals surface area contributed by atoms with Gasteiger partial charge in [-0.2, -0.15) is 0 Å². The van der Waals surface area contributed by atoms with Gasteiger partial charge in [0.05, 0.1) is 12.4 Å². The first-order chi connectivity index (χ1) is 6.36. The molecule has 1 aromatic rings. The van der Waals surface area contributed by atoms with E-state index in [1.54, 1.807) is 0 Å². The smallest absolute Gasteiger partial charge is 0.159 e. The van der Waals surface area contributed by atoms with Gasteiger partial charge < -0.3 is 0 Å². The zero-order chi connectivity index (χ0) is 9.10. The first-order valence-corrected chi connectivity index (χ1v) is 4.84. The van der Waals surface area contributed by atoms with Crippen LogP contribution in [0.1, 0.15) is 43.8 Å². The normalized spacial score (nSPS) is 18.8. The fourth-order valence-corrected chi connectivity index (χ4v) is 1.89. The Bertz CT molecular complexity index is 265. The molecule has 2 rings (SSSR count). The molecule has 1 aromatic heterocycles. The highest BCUT2D eigenvalue weighted by Crippen LogP contribution is 2.30.